The first-order valence-electron chi connectivity index (χ1n) is 7.69. The quantitative estimate of drug-likeness (QED) is 0.708. The molecule has 0 heterocycles. The number of amides is 1. The molecule has 1 amide bonds. The standard InChI is InChI=1S/C19H19Cl2NO4/c1-24-16-8-5-12(18(25-2)19(16)26-3)6-9-17(23)22-11-13-4-7-14(20)10-15(13)21/h4-10H,11H2,1-3H3,(H,22,23)/b9-6+. The highest BCUT2D eigenvalue weighted by Crippen LogP contribution is 2.40. The van der Waals surface area contributed by atoms with Gasteiger partial charge >= 0.3 is 0 Å². The van der Waals surface area contributed by atoms with Crippen molar-refractivity contribution in [1.29, 1.82) is 0 Å². The molecule has 0 fully saturated rings. The van der Waals surface area contributed by atoms with Crippen LogP contribution in [0.2, 0.25) is 10.0 Å². The van der Waals surface area contributed by atoms with Crippen LogP contribution >= 0.6 is 23.2 Å². The number of rotatable bonds is 7. The first kappa shape index (κ1) is 19.9. The van der Waals surface area contributed by atoms with E-state index in [4.69, 9.17) is 37.4 Å². The molecule has 0 saturated carbocycles. The molecule has 26 heavy (non-hydrogen) atoms. The summed E-state index contributed by atoms with van der Waals surface area (Å²) < 4.78 is 15.9. The van der Waals surface area contributed by atoms with E-state index < -0.39 is 0 Å². The van der Waals surface area contributed by atoms with Crippen LogP contribution < -0.4 is 19.5 Å². The zero-order valence-corrected chi connectivity index (χ0v) is 16.1. The van der Waals surface area contributed by atoms with Crippen molar-refractivity contribution < 1.29 is 19.0 Å². The Hall–Kier alpha value is -2.37. The van der Waals surface area contributed by atoms with Crippen LogP contribution in [0.1, 0.15) is 11.1 Å². The van der Waals surface area contributed by atoms with Crippen LogP contribution in [-0.4, -0.2) is 27.2 Å². The van der Waals surface area contributed by atoms with E-state index in [9.17, 15) is 4.79 Å². The average Bonchev–Trinajstić information content (AvgIpc) is 2.64. The molecule has 5 nitrogen and oxygen atoms in total. The highest BCUT2D eigenvalue weighted by Gasteiger charge is 2.14. The second kappa shape index (κ2) is 9.36. The van der Waals surface area contributed by atoms with E-state index >= 15 is 0 Å². The number of hydrogen-bond acceptors (Lipinski definition) is 4. The fourth-order valence-electron chi connectivity index (χ4n) is 2.33. The van der Waals surface area contributed by atoms with Gasteiger partial charge < -0.3 is 19.5 Å². The van der Waals surface area contributed by atoms with Gasteiger partial charge in [-0.3, -0.25) is 4.79 Å². The van der Waals surface area contributed by atoms with Crippen LogP contribution in [0.5, 0.6) is 17.2 Å². The van der Waals surface area contributed by atoms with Gasteiger partial charge in [-0.15, -0.1) is 0 Å². The van der Waals surface area contributed by atoms with Gasteiger partial charge in [0, 0.05) is 28.2 Å². The molecule has 0 atom stereocenters. The zero-order chi connectivity index (χ0) is 19.1. The van der Waals surface area contributed by atoms with Crippen molar-refractivity contribution in [1.82, 2.24) is 5.32 Å². The highest BCUT2D eigenvalue weighted by atomic mass is 35.5. The Labute approximate surface area is 162 Å². The van der Waals surface area contributed by atoms with E-state index in [1.54, 1.807) is 43.5 Å². The minimum Gasteiger partial charge on any atom is -0.493 e. The summed E-state index contributed by atoms with van der Waals surface area (Å²) in [4.78, 5) is 12.1. The Morgan fingerprint density at radius 1 is 1.04 bits per heavy atom. The maximum Gasteiger partial charge on any atom is 0.244 e. The molecule has 0 aliphatic heterocycles. The lowest BCUT2D eigenvalue weighted by molar-refractivity contribution is -0.116. The molecule has 2 aromatic carbocycles. The maximum atomic E-state index is 12.1. The van der Waals surface area contributed by atoms with Crippen molar-refractivity contribution in [2.75, 3.05) is 21.3 Å². The van der Waals surface area contributed by atoms with E-state index in [0.717, 1.165) is 5.56 Å². The number of carbonyl (C=O) groups excluding carboxylic acids is 1. The van der Waals surface area contributed by atoms with E-state index in [2.05, 4.69) is 5.32 Å². The Morgan fingerprint density at radius 2 is 1.77 bits per heavy atom. The molecule has 138 valence electrons. The van der Waals surface area contributed by atoms with Crippen molar-refractivity contribution in [3.8, 4) is 17.2 Å². The van der Waals surface area contributed by atoms with Gasteiger partial charge in [0.25, 0.3) is 0 Å². The molecule has 0 aromatic heterocycles. The molecule has 2 rings (SSSR count). The SMILES string of the molecule is COc1ccc(/C=C/C(=O)NCc2ccc(Cl)cc2Cl)c(OC)c1OC. The van der Waals surface area contributed by atoms with Crippen molar-refractivity contribution in [3.05, 3.63) is 57.6 Å². The average molecular weight is 396 g/mol. The third-order valence-corrected chi connectivity index (χ3v) is 4.20. The largest absolute Gasteiger partial charge is 0.493 e. The van der Waals surface area contributed by atoms with Crippen LogP contribution in [0.4, 0.5) is 0 Å². The van der Waals surface area contributed by atoms with Gasteiger partial charge in [-0.1, -0.05) is 29.3 Å². The van der Waals surface area contributed by atoms with Crippen molar-refractivity contribution >= 4 is 35.2 Å². The molecule has 0 spiro atoms. The number of halogens is 2. The number of benzene rings is 2. The van der Waals surface area contributed by atoms with Gasteiger partial charge in [0.2, 0.25) is 11.7 Å². The van der Waals surface area contributed by atoms with Gasteiger partial charge in [-0.25, -0.2) is 0 Å². The molecule has 0 saturated heterocycles. The smallest absolute Gasteiger partial charge is 0.244 e. The fraction of sp³-hybridized carbons (Fsp3) is 0.211. The van der Waals surface area contributed by atoms with E-state index in [0.29, 0.717) is 39.4 Å². The van der Waals surface area contributed by atoms with E-state index in [-0.39, 0.29) is 5.91 Å². The molecule has 0 aliphatic carbocycles. The lowest BCUT2D eigenvalue weighted by Gasteiger charge is -2.14. The summed E-state index contributed by atoms with van der Waals surface area (Å²) in [5, 5.41) is 3.82. The first-order valence-corrected chi connectivity index (χ1v) is 8.44. The van der Waals surface area contributed by atoms with E-state index in [1.165, 1.54) is 20.3 Å². The predicted octanol–water partition coefficient (Wildman–Crippen LogP) is 4.35. The third kappa shape index (κ3) is 4.84. The molecule has 0 aliphatic rings. The predicted molar refractivity (Wildman–Crippen MR) is 103 cm³/mol. The molecule has 2 aromatic rings. The second-order valence-corrected chi connectivity index (χ2v) is 6.05. The number of ether oxygens (including phenoxy) is 3. The number of carbonyl (C=O) groups is 1. The monoisotopic (exact) mass is 395 g/mol. The summed E-state index contributed by atoms with van der Waals surface area (Å²) in [6, 6.07) is 8.65. The molecular weight excluding hydrogens is 377 g/mol. The summed E-state index contributed by atoms with van der Waals surface area (Å²) in [5.74, 6) is 1.22. The van der Waals surface area contributed by atoms with Crippen LogP contribution in [0.3, 0.4) is 0 Å². The molecule has 1 N–H and O–H groups in total. The molecule has 0 bridgehead atoms. The minimum atomic E-state index is -0.271. The summed E-state index contributed by atoms with van der Waals surface area (Å²) >= 11 is 11.9. The fourth-order valence-corrected chi connectivity index (χ4v) is 2.80. The summed E-state index contributed by atoms with van der Waals surface area (Å²) in [5.41, 5.74) is 1.46. The van der Waals surface area contributed by atoms with Gasteiger partial charge in [0.1, 0.15) is 0 Å². The topological polar surface area (TPSA) is 56.8 Å². The van der Waals surface area contributed by atoms with Crippen LogP contribution in [-0.2, 0) is 11.3 Å². The maximum absolute atomic E-state index is 12.1. The van der Waals surface area contributed by atoms with Gasteiger partial charge in [-0.2, -0.15) is 0 Å². The lowest BCUT2D eigenvalue weighted by atomic mass is 10.1. The Morgan fingerprint density at radius 3 is 2.38 bits per heavy atom. The molecule has 0 radical (unpaired) electrons. The van der Waals surface area contributed by atoms with E-state index in [1.807, 2.05) is 0 Å². The Bertz CT molecular complexity index is 821. The van der Waals surface area contributed by atoms with Crippen LogP contribution in [0.25, 0.3) is 6.08 Å². The minimum absolute atomic E-state index is 0.271. The summed E-state index contributed by atoms with van der Waals surface area (Å²) in [6.07, 6.45) is 3.05. The first-order chi connectivity index (χ1) is 12.5. The van der Waals surface area contributed by atoms with Crippen LogP contribution in [0, 0.1) is 0 Å². The van der Waals surface area contributed by atoms with Gasteiger partial charge in [0.15, 0.2) is 11.5 Å². The molecule has 7 heteroatoms. The molecular formula is C19H19Cl2NO4. The van der Waals surface area contributed by atoms with Crippen LogP contribution in [0.15, 0.2) is 36.4 Å². The molecule has 0 unspecified atom stereocenters. The number of hydrogen-bond donors (Lipinski definition) is 1. The third-order valence-electron chi connectivity index (χ3n) is 3.62. The van der Waals surface area contributed by atoms with Gasteiger partial charge in [-0.05, 0) is 35.9 Å². The lowest BCUT2D eigenvalue weighted by Crippen LogP contribution is -2.20. The van der Waals surface area contributed by atoms with Gasteiger partial charge in [0.05, 0.1) is 21.3 Å². The Balaban J connectivity index is 2.10. The summed E-state index contributed by atoms with van der Waals surface area (Å²) in [6.45, 7) is 0.294. The normalized spacial score (nSPS) is 10.7. The second-order valence-electron chi connectivity index (χ2n) is 5.21. The zero-order valence-electron chi connectivity index (χ0n) is 14.6. The Kier molecular flexibility index (Phi) is 7.18. The highest BCUT2D eigenvalue weighted by molar-refractivity contribution is 6.35. The number of methoxy groups -OCH3 is 3. The van der Waals surface area contributed by atoms with Crippen molar-refractivity contribution in [3.63, 3.8) is 0 Å². The summed E-state index contributed by atoms with van der Waals surface area (Å²) in [7, 11) is 4.59. The number of nitrogens with one attached hydrogen (secondary N) is 1. The van der Waals surface area contributed by atoms with Crippen molar-refractivity contribution in [2.24, 2.45) is 0 Å². The van der Waals surface area contributed by atoms with Crippen molar-refractivity contribution in [2.45, 2.75) is 6.54 Å².